The van der Waals surface area contributed by atoms with Gasteiger partial charge in [-0.1, -0.05) is 12.1 Å². The number of hydrogen-bond acceptors (Lipinski definition) is 5. The number of carbonyl (C=O) groups excluding carboxylic acids is 2. The highest BCUT2D eigenvalue weighted by molar-refractivity contribution is 6.21. The van der Waals surface area contributed by atoms with E-state index in [2.05, 4.69) is 5.32 Å². The first-order valence-electron chi connectivity index (χ1n) is 6.49. The summed E-state index contributed by atoms with van der Waals surface area (Å²) in [7, 11) is 0. The van der Waals surface area contributed by atoms with E-state index in [-0.39, 0.29) is 11.8 Å². The summed E-state index contributed by atoms with van der Waals surface area (Å²) < 4.78 is 15.1. The van der Waals surface area contributed by atoms with Crippen molar-refractivity contribution in [2.75, 3.05) is 26.4 Å². The standard InChI is InChI=1S/C8H5NO2.C6H10O3/c10-7-5-3-1-2-4-6(5)8(11)9-7;1(5-3-8-5)7-2-6-4-9-6/h1-4H,(H,9,10,11);5-6H,1-4H2. The molecule has 3 aliphatic heterocycles. The molecular weight excluding hydrogens is 262 g/mol. The van der Waals surface area contributed by atoms with Crippen LogP contribution in [0.4, 0.5) is 0 Å². The second kappa shape index (κ2) is 5.70. The van der Waals surface area contributed by atoms with Gasteiger partial charge in [-0.3, -0.25) is 14.9 Å². The fourth-order valence-electron chi connectivity index (χ4n) is 1.78. The number of amides is 2. The minimum Gasteiger partial charge on any atom is -0.376 e. The zero-order valence-electron chi connectivity index (χ0n) is 10.8. The van der Waals surface area contributed by atoms with Crippen LogP contribution < -0.4 is 5.32 Å². The van der Waals surface area contributed by atoms with E-state index in [4.69, 9.17) is 14.2 Å². The smallest absolute Gasteiger partial charge is 0.258 e. The Labute approximate surface area is 116 Å². The molecule has 2 saturated heterocycles. The van der Waals surface area contributed by atoms with Crippen molar-refractivity contribution in [3.63, 3.8) is 0 Å². The van der Waals surface area contributed by atoms with Crippen molar-refractivity contribution in [2.24, 2.45) is 0 Å². The van der Waals surface area contributed by atoms with Crippen LogP contribution in [0, 0.1) is 0 Å². The van der Waals surface area contributed by atoms with Gasteiger partial charge in [0.1, 0.15) is 12.2 Å². The van der Waals surface area contributed by atoms with Crippen LogP contribution in [0.15, 0.2) is 24.3 Å². The Morgan fingerprint density at radius 1 is 1.00 bits per heavy atom. The summed E-state index contributed by atoms with van der Waals surface area (Å²) in [5.41, 5.74) is 0.940. The van der Waals surface area contributed by atoms with E-state index >= 15 is 0 Å². The molecule has 6 nitrogen and oxygen atoms in total. The van der Waals surface area contributed by atoms with Gasteiger partial charge in [-0.15, -0.1) is 0 Å². The Kier molecular flexibility index (Phi) is 3.77. The van der Waals surface area contributed by atoms with Crippen molar-refractivity contribution in [3.05, 3.63) is 35.4 Å². The zero-order valence-corrected chi connectivity index (χ0v) is 10.8. The van der Waals surface area contributed by atoms with Crippen LogP contribution in [-0.4, -0.2) is 50.4 Å². The van der Waals surface area contributed by atoms with Gasteiger partial charge in [-0.2, -0.15) is 0 Å². The molecule has 1 N–H and O–H groups in total. The number of hydrogen-bond donors (Lipinski definition) is 1. The molecular formula is C14H15NO5. The summed E-state index contributed by atoms with van der Waals surface area (Å²) in [5, 5.41) is 2.20. The van der Waals surface area contributed by atoms with Gasteiger partial charge in [-0.05, 0) is 12.1 Å². The summed E-state index contributed by atoms with van der Waals surface area (Å²) >= 11 is 0. The molecule has 1 aromatic rings. The predicted octanol–water partition coefficient (Wildman–Crippen LogP) is 0.371. The number of ether oxygens (including phenoxy) is 3. The molecule has 106 valence electrons. The lowest BCUT2D eigenvalue weighted by Gasteiger charge is -1.95. The van der Waals surface area contributed by atoms with Crippen LogP contribution in [0.1, 0.15) is 20.7 Å². The van der Waals surface area contributed by atoms with Gasteiger partial charge >= 0.3 is 0 Å². The van der Waals surface area contributed by atoms with Gasteiger partial charge in [0.2, 0.25) is 0 Å². The molecule has 0 radical (unpaired) electrons. The largest absolute Gasteiger partial charge is 0.376 e. The van der Waals surface area contributed by atoms with Gasteiger partial charge in [0, 0.05) is 0 Å². The van der Waals surface area contributed by atoms with Crippen molar-refractivity contribution >= 4 is 11.8 Å². The molecule has 3 aliphatic rings. The third-order valence-electron chi connectivity index (χ3n) is 3.06. The average molecular weight is 277 g/mol. The number of carbonyl (C=O) groups is 2. The Morgan fingerprint density at radius 3 is 1.85 bits per heavy atom. The molecule has 2 fully saturated rings. The van der Waals surface area contributed by atoms with Crippen molar-refractivity contribution in [2.45, 2.75) is 12.2 Å². The average Bonchev–Trinajstić information content (AvgIpc) is 3.34. The molecule has 20 heavy (non-hydrogen) atoms. The number of epoxide rings is 2. The van der Waals surface area contributed by atoms with E-state index in [0.29, 0.717) is 23.3 Å². The highest BCUT2D eigenvalue weighted by Gasteiger charge is 2.26. The highest BCUT2D eigenvalue weighted by atomic mass is 16.6. The first-order valence-corrected chi connectivity index (χ1v) is 6.49. The SMILES string of the molecule is C(OCC1CO1)C1CO1.O=C1NC(=O)c2ccccc21. The number of fused-ring (bicyclic) bond motifs is 1. The van der Waals surface area contributed by atoms with Crippen LogP contribution in [0.3, 0.4) is 0 Å². The normalized spacial score (nSPS) is 25.4. The third kappa shape index (κ3) is 3.41. The number of imide groups is 1. The predicted molar refractivity (Wildman–Crippen MR) is 68.5 cm³/mol. The van der Waals surface area contributed by atoms with E-state index in [1.165, 1.54) is 0 Å². The molecule has 3 heterocycles. The Bertz CT molecular complexity index is 477. The first-order chi connectivity index (χ1) is 9.74. The maximum atomic E-state index is 10.9. The molecule has 2 amide bonds. The van der Waals surface area contributed by atoms with Crippen molar-refractivity contribution in [1.82, 2.24) is 5.32 Å². The van der Waals surface area contributed by atoms with Gasteiger partial charge < -0.3 is 14.2 Å². The summed E-state index contributed by atoms with van der Waals surface area (Å²) in [6.07, 6.45) is 0.785. The molecule has 1 aromatic carbocycles. The first kappa shape index (κ1) is 13.2. The molecule has 2 unspecified atom stereocenters. The van der Waals surface area contributed by atoms with E-state index < -0.39 is 0 Å². The van der Waals surface area contributed by atoms with E-state index in [9.17, 15) is 9.59 Å². The second-order valence-electron chi connectivity index (χ2n) is 4.78. The summed E-state index contributed by atoms with van der Waals surface area (Å²) in [6, 6.07) is 6.74. The minimum absolute atomic E-state index is 0.300. The van der Waals surface area contributed by atoms with Crippen molar-refractivity contribution < 1.29 is 23.8 Å². The number of benzene rings is 1. The third-order valence-corrected chi connectivity index (χ3v) is 3.06. The fraction of sp³-hybridized carbons (Fsp3) is 0.429. The van der Waals surface area contributed by atoms with Crippen LogP contribution >= 0.6 is 0 Å². The van der Waals surface area contributed by atoms with Crippen LogP contribution in [0.25, 0.3) is 0 Å². The summed E-state index contributed by atoms with van der Waals surface area (Å²) in [4.78, 5) is 21.9. The van der Waals surface area contributed by atoms with Gasteiger partial charge in [0.15, 0.2) is 0 Å². The van der Waals surface area contributed by atoms with E-state index in [1.54, 1.807) is 24.3 Å². The van der Waals surface area contributed by atoms with Gasteiger partial charge in [0.05, 0.1) is 37.6 Å². The maximum absolute atomic E-state index is 10.9. The van der Waals surface area contributed by atoms with Crippen LogP contribution in [-0.2, 0) is 14.2 Å². The lowest BCUT2D eigenvalue weighted by molar-refractivity contribution is 0.0879. The Morgan fingerprint density at radius 2 is 1.45 bits per heavy atom. The zero-order chi connectivity index (χ0) is 13.9. The Balaban J connectivity index is 0.000000123. The maximum Gasteiger partial charge on any atom is 0.258 e. The lowest BCUT2D eigenvalue weighted by atomic mass is 10.1. The topological polar surface area (TPSA) is 80.5 Å². The fourth-order valence-corrected chi connectivity index (χ4v) is 1.78. The number of nitrogens with one attached hydrogen (secondary N) is 1. The van der Waals surface area contributed by atoms with Gasteiger partial charge in [0.25, 0.3) is 11.8 Å². The minimum atomic E-state index is -0.300. The van der Waals surface area contributed by atoms with Crippen LogP contribution in [0.5, 0.6) is 0 Å². The number of rotatable bonds is 4. The molecule has 6 heteroatoms. The molecule has 0 bridgehead atoms. The lowest BCUT2D eigenvalue weighted by Crippen LogP contribution is -2.19. The molecule has 0 aromatic heterocycles. The molecule has 0 aliphatic carbocycles. The molecule has 0 spiro atoms. The second-order valence-corrected chi connectivity index (χ2v) is 4.78. The van der Waals surface area contributed by atoms with E-state index in [1.807, 2.05) is 0 Å². The monoisotopic (exact) mass is 277 g/mol. The Hall–Kier alpha value is -1.76. The summed E-state index contributed by atoms with van der Waals surface area (Å²) in [5.74, 6) is -0.601. The summed E-state index contributed by atoms with van der Waals surface area (Å²) in [6.45, 7) is 3.26. The van der Waals surface area contributed by atoms with E-state index in [0.717, 1.165) is 26.4 Å². The van der Waals surface area contributed by atoms with Crippen molar-refractivity contribution in [1.29, 1.82) is 0 Å². The van der Waals surface area contributed by atoms with Crippen molar-refractivity contribution in [3.8, 4) is 0 Å². The molecule has 0 saturated carbocycles. The highest BCUT2D eigenvalue weighted by Crippen LogP contribution is 2.13. The van der Waals surface area contributed by atoms with Gasteiger partial charge in [-0.25, -0.2) is 0 Å². The molecule has 4 rings (SSSR count). The van der Waals surface area contributed by atoms with Crippen LogP contribution in [0.2, 0.25) is 0 Å². The quantitative estimate of drug-likeness (QED) is 0.635. The molecule has 2 atom stereocenters.